The van der Waals surface area contributed by atoms with Crippen molar-refractivity contribution in [1.82, 2.24) is 0 Å². The summed E-state index contributed by atoms with van der Waals surface area (Å²) in [7, 11) is 1.35. The van der Waals surface area contributed by atoms with Gasteiger partial charge in [0.05, 0.1) is 17.0 Å². The minimum Gasteiger partial charge on any atom is -0.497 e. The lowest BCUT2D eigenvalue weighted by molar-refractivity contribution is 0.411. The molecule has 1 aromatic heterocycles. The van der Waals surface area contributed by atoms with Crippen LogP contribution in [0.15, 0.2) is 37.9 Å². The standard InChI is InChI=1S/C14H7BrF2O3/c1-19-6-4-7-13(18)11-10(3-2-8(15)12(11)17)20-14(7)9(16)5-6/h2-5H,1H3. The molecule has 3 rings (SSSR count). The number of methoxy groups -OCH3 is 1. The number of rotatable bonds is 1. The highest BCUT2D eigenvalue weighted by atomic mass is 79.9. The molecule has 0 amide bonds. The minimum atomic E-state index is -0.735. The van der Waals surface area contributed by atoms with Crippen LogP contribution in [0, 0.1) is 11.6 Å². The van der Waals surface area contributed by atoms with E-state index in [1.165, 1.54) is 25.3 Å². The van der Waals surface area contributed by atoms with Gasteiger partial charge >= 0.3 is 0 Å². The van der Waals surface area contributed by atoms with Crippen LogP contribution < -0.4 is 10.2 Å². The van der Waals surface area contributed by atoms with Gasteiger partial charge in [-0.25, -0.2) is 8.78 Å². The van der Waals surface area contributed by atoms with E-state index in [1.807, 2.05) is 0 Å². The lowest BCUT2D eigenvalue weighted by atomic mass is 10.1. The van der Waals surface area contributed by atoms with Crippen LogP contribution in [0.4, 0.5) is 8.78 Å². The first kappa shape index (κ1) is 13.1. The third-order valence-corrected chi connectivity index (χ3v) is 3.61. The second-order valence-electron chi connectivity index (χ2n) is 4.15. The van der Waals surface area contributed by atoms with Crippen LogP contribution in [0.3, 0.4) is 0 Å². The molecule has 0 unspecified atom stereocenters. The quantitative estimate of drug-likeness (QED) is 0.628. The van der Waals surface area contributed by atoms with Gasteiger partial charge in [0.1, 0.15) is 16.7 Å². The second-order valence-corrected chi connectivity index (χ2v) is 5.01. The summed E-state index contributed by atoms with van der Waals surface area (Å²) in [6.45, 7) is 0. The molecule has 2 aromatic carbocycles. The average molecular weight is 341 g/mol. The molecule has 0 spiro atoms. The average Bonchev–Trinajstić information content (AvgIpc) is 2.43. The molecule has 102 valence electrons. The van der Waals surface area contributed by atoms with Crippen molar-refractivity contribution in [3.8, 4) is 5.75 Å². The molecule has 0 aliphatic rings. The number of ether oxygens (including phenoxy) is 1. The molecular weight excluding hydrogens is 334 g/mol. The summed E-state index contributed by atoms with van der Waals surface area (Å²) in [6.07, 6.45) is 0. The van der Waals surface area contributed by atoms with Crippen molar-refractivity contribution in [1.29, 1.82) is 0 Å². The Balaban J connectivity index is 2.58. The van der Waals surface area contributed by atoms with E-state index in [9.17, 15) is 13.6 Å². The van der Waals surface area contributed by atoms with E-state index in [1.54, 1.807) is 0 Å². The van der Waals surface area contributed by atoms with Crippen LogP contribution >= 0.6 is 15.9 Å². The molecule has 0 bridgehead atoms. The zero-order valence-corrected chi connectivity index (χ0v) is 11.8. The maximum atomic E-state index is 14.0. The van der Waals surface area contributed by atoms with E-state index < -0.39 is 17.1 Å². The van der Waals surface area contributed by atoms with Crippen LogP contribution in [0.25, 0.3) is 21.9 Å². The summed E-state index contributed by atoms with van der Waals surface area (Å²) in [5.41, 5.74) is -0.866. The van der Waals surface area contributed by atoms with Crippen molar-refractivity contribution >= 4 is 37.9 Å². The molecule has 0 radical (unpaired) electrons. The molecule has 3 nitrogen and oxygen atoms in total. The first-order chi connectivity index (χ1) is 9.52. The fourth-order valence-corrected chi connectivity index (χ4v) is 2.36. The molecular formula is C14H7BrF2O3. The highest BCUT2D eigenvalue weighted by Crippen LogP contribution is 2.28. The number of halogens is 3. The predicted molar refractivity (Wildman–Crippen MR) is 74.2 cm³/mol. The van der Waals surface area contributed by atoms with Gasteiger partial charge in [-0.1, -0.05) is 0 Å². The van der Waals surface area contributed by atoms with Crippen molar-refractivity contribution < 1.29 is 17.9 Å². The maximum Gasteiger partial charge on any atom is 0.203 e. The summed E-state index contributed by atoms with van der Waals surface area (Å²) in [5, 5.41) is -0.286. The molecule has 0 atom stereocenters. The Kier molecular flexibility index (Phi) is 2.97. The number of hydrogen-bond acceptors (Lipinski definition) is 3. The van der Waals surface area contributed by atoms with Gasteiger partial charge in [-0.05, 0) is 34.1 Å². The van der Waals surface area contributed by atoms with Crippen LogP contribution in [0.5, 0.6) is 5.75 Å². The minimum absolute atomic E-state index is 0.00716. The molecule has 0 fully saturated rings. The zero-order valence-electron chi connectivity index (χ0n) is 10.2. The lowest BCUT2D eigenvalue weighted by Gasteiger charge is -2.06. The van der Waals surface area contributed by atoms with Crippen molar-refractivity contribution in [2.45, 2.75) is 0 Å². The monoisotopic (exact) mass is 340 g/mol. The topological polar surface area (TPSA) is 39.4 Å². The Morgan fingerprint density at radius 2 is 2.00 bits per heavy atom. The van der Waals surface area contributed by atoms with E-state index in [0.29, 0.717) is 0 Å². The third kappa shape index (κ3) is 1.79. The summed E-state index contributed by atoms with van der Waals surface area (Å²) >= 11 is 3.00. The highest BCUT2D eigenvalue weighted by Gasteiger charge is 2.17. The molecule has 0 saturated heterocycles. The number of hydrogen-bond donors (Lipinski definition) is 0. The Morgan fingerprint density at radius 1 is 1.25 bits per heavy atom. The van der Waals surface area contributed by atoms with E-state index in [0.717, 1.165) is 6.07 Å². The molecule has 0 aliphatic heterocycles. The summed E-state index contributed by atoms with van der Waals surface area (Å²) < 4.78 is 38.3. The number of benzene rings is 2. The third-order valence-electron chi connectivity index (χ3n) is 2.99. The van der Waals surface area contributed by atoms with Gasteiger partial charge < -0.3 is 9.15 Å². The van der Waals surface area contributed by atoms with Crippen LogP contribution in [0.1, 0.15) is 0 Å². The lowest BCUT2D eigenvalue weighted by Crippen LogP contribution is -2.06. The summed E-state index contributed by atoms with van der Waals surface area (Å²) in [5.74, 6) is -1.31. The number of fused-ring (bicyclic) bond motifs is 2. The molecule has 0 N–H and O–H groups in total. The fraction of sp³-hybridized carbons (Fsp3) is 0.0714. The molecule has 20 heavy (non-hydrogen) atoms. The zero-order chi connectivity index (χ0) is 14.4. The van der Waals surface area contributed by atoms with Crippen LogP contribution in [-0.4, -0.2) is 7.11 Å². The van der Waals surface area contributed by atoms with Gasteiger partial charge in [0, 0.05) is 6.07 Å². The Hall–Kier alpha value is -1.95. The maximum absolute atomic E-state index is 14.0. The fourth-order valence-electron chi connectivity index (χ4n) is 2.03. The Labute approximate surface area is 119 Å². The van der Waals surface area contributed by atoms with E-state index in [-0.39, 0.29) is 32.2 Å². The van der Waals surface area contributed by atoms with Gasteiger partial charge in [0.25, 0.3) is 0 Å². The predicted octanol–water partition coefficient (Wildman–Crippen LogP) is 4.00. The van der Waals surface area contributed by atoms with Crippen LogP contribution in [0.2, 0.25) is 0 Å². The van der Waals surface area contributed by atoms with Gasteiger partial charge in [-0.3, -0.25) is 4.79 Å². The normalized spacial score (nSPS) is 11.2. The SMILES string of the molecule is COc1cc(F)c2oc3ccc(Br)c(F)c3c(=O)c2c1. The van der Waals surface area contributed by atoms with E-state index in [2.05, 4.69) is 15.9 Å². The second kappa shape index (κ2) is 4.56. The van der Waals surface area contributed by atoms with E-state index >= 15 is 0 Å². The van der Waals surface area contributed by atoms with Crippen molar-refractivity contribution in [3.63, 3.8) is 0 Å². The van der Waals surface area contributed by atoms with Gasteiger partial charge in [0.2, 0.25) is 5.43 Å². The molecule has 6 heteroatoms. The molecule has 0 saturated carbocycles. The smallest absolute Gasteiger partial charge is 0.203 e. The van der Waals surface area contributed by atoms with Gasteiger partial charge in [0.15, 0.2) is 17.2 Å². The van der Waals surface area contributed by atoms with Gasteiger partial charge in [-0.2, -0.15) is 0 Å². The van der Waals surface area contributed by atoms with Crippen molar-refractivity contribution in [2.24, 2.45) is 0 Å². The van der Waals surface area contributed by atoms with E-state index in [4.69, 9.17) is 9.15 Å². The van der Waals surface area contributed by atoms with Crippen LogP contribution in [-0.2, 0) is 0 Å². The molecule has 1 heterocycles. The first-order valence-electron chi connectivity index (χ1n) is 5.61. The molecule has 0 aliphatic carbocycles. The Bertz CT molecular complexity index is 902. The van der Waals surface area contributed by atoms with Crippen molar-refractivity contribution in [3.05, 3.63) is 50.6 Å². The molecule has 3 aromatic rings. The Morgan fingerprint density at radius 3 is 2.70 bits per heavy atom. The summed E-state index contributed by atoms with van der Waals surface area (Å²) in [6, 6.07) is 5.23. The first-order valence-corrected chi connectivity index (χ1v) is 6.40. The van der Waals surface area contributed by atoms with Crippen molar-refractivity contribution in [2.75, 3.05) is 7.11 Å². The highest BCUT2D eigenvalue weighted by molar-refractivity contribution is 9.10. The summed E-state index contributed by atoms with van der Waals surface area (Å²) in [4.78, 5) is 12.3. The largest absolute Gasteiger partial charge is 0.497 e. The van der Waals surface area contributed by atoms with Gasteiger partial charge in [-0.15, -0.1) is 0 Å².